The van der Waals surface area contributed by atoms with Crippen molar-refractivity contribution in [1.82, 2.24) is 0 Å². The van der Waals surface area contributed by atoms with Gasteiger partial charge in [-0.2, -0.15) is 0 Å². The van der Waals surface area contributed by atoms with Crippen LogP contribution in [0.15, 0.2) is 11.8 Å². The molecular formula is C5H6O3. The molecule has 1 aliphatic heterocycles. The smallest absolute Gasteiger partial charge is 0.184 e. The Kier molecular flexibility index (Phi) is 1.30. The number of hydrogen-bond donors (Lipinski definition) is 1. The molecule has 3 nitrogen and oxygen atoms in total. The molecule has 0 fully saturated rings. The number of aliphatic hydroxyl groups excluding tert-OH is 1. The zero-order valence-corrected chi connectivity index (χ0v) is 4.26. The summed E-state index contributed by atoms with van der Waals surface area (Å²) in [5.74, 6) is -0.157. The van der Waals surface area contributed by atoms with Gasteiger partial charge in [0, 0.05) is 6.08 Å². The minimum Gasteiger partial charge on any atom is -0.510 e. The summed E-state index contributed by atoms with van der Waals surface area (Å²) >= 11 is 0. The van der Waals surface area contributed by atoms with Crippen LogP contribution in [0.1, 0.15) is 0 Å². The molecule has 0 saturated heterocycles. The second-order valence-corrected chi connectivity index (χ2v) is 1.59. The topological polar surface area (TPSA) is 46.5 Å². The van der Waals surface area contributed by atoms with Crippen LogP contribution in [0, 0.1) is 0 Å². The van der Waals surface area contributed by atoms with E-state index in [1.54, 1.807) is 0 Å². The number of carbonyl (C=O) groups excluding carboxylic acids is 1. The van der Waals surface area contributed by atoms with Crippen LogP contribution in [0.2, 0.25) is 0 Å². The van der Waals surface area contributed by atoms with E-state index in [0.29, 0.717) is 0 Å². The van der Waals surface area contributed by atoms with E-state index in [1.165, 1.54) is 6.08 Å². The molecule has 1 aliphatic rings. The molecule has 1 N–H and O–H groups in total. The molecule has 0 bridgehead atoms. The molecule has 0 spiro atoms. The highest BCUT2D eigenvalue weighted by Gasteiger charge is 2.06. The van der Waals surface area contributed by atoms with Crippen molar-refractivity contribution in [3.63, 3.8) is 0 Å². The van der Waals surface area contributed by atoms with Crippen molar-refractivity contribution in [3.8, 4) is 0 Å². The molecule has 0 radical (unpaired) electrons. The van der Waals surface area contributed by atoms with Crippen LogP contribution in [0.4, 0.5) is 0 Å². The number of ether oxygens (including phenoxy) is 1. The molecule has 1 rings (SSSR count). The Morgan fingerprint density at radius 2 is 2.38 bits per heavy atom. The molecular weight excluding hydrogens is 108 g/mol. The van der Waals surface area contributed by atoms with E-state index in [2.05, 4.69) is 4.74 Å². The van der Waals surface area contributed by atoms with Gasteiger partial charge in [0.05, 0.1) is 0 Å². The molecule has 0 aliphatic carbocycles. The van der Waals surface area contributed by atoms with Gasteiger partial charge in [-0.1, -0.05) is 0 Å². The minimum atomic E-state index is -0.172. The SMILES string of the molecule is O=C1C=C(O)COC1. The van der Waals surface area contributed by atoms with Crippen LogP contribution in [0.3, 0.4) is 0 Å². The lowest BCUT2D eigenvalue weighted by atomic mass is 10.3. The molecule has 0 amide bonds. The number of aliphatic hydroxyl groups is 1. The van der Waals surface area contributed by atoms with E-state index in [1.807, 2.05) is 0 Å². The van der Waals surface area contributed by atoms with Gasteiger partial charge >= 0.3 is 0 Å². The Balaban J connectivity index is 2.64. The van der Waals surface area contributed by atoms with Crippen LogP contribution < -0.4 is 0 Å². The lowest BCUT2D eigenvalue weighted by molar-refractivity contribution is -0.120. The lowest BCUT2D eigenvalue weighted by Crippen LogP contribution is -2.14. The van der Waals surface area contributed by atoms with Crippen molar-refractivity contribution in [2.75, 3.05) is 13.2 Å². The van der Waals surface area contributed by atoms with Gasteiger partial charge < -0.3 is 9.84 Å². The largest absolute Gasteiger partial charge is 0.510 e. The fourth-order valence-electron chi connectivity index (χ4n) is 0.525. The number of rotatable bonds is 0. The van der Waals surface area contributed by atoms with Gasteiger partial charge in [-0.3, -0.25) is 4.79 Å². The van der Waals surface area contributed by atoms with Gasteiger partial charge in [0.25, 0.3) is 0 Å². The standard InChI is InChI=1S/C5H6O3/c6-4-1-5(7)3-8-2-4/h1,6H,2-3H2. The first-order chi connectivity index (χ1) is 3.79. The molecule has 0 atom stereocenters. The fraction of sp³-hybridized carbons (Fsp3) is 0.400. The number of hydrogen-bond acceptors (Lipinski definition) is 3. The summed E-state index contributed by atoms with van der Waals surface area (Å²) in [5, 5.41) is 8.59. The van der Waals surface area contributed by atoms with Crippen LogP contribution in [-0.2, 0) is 9.53 Å². The van der Waals surface area contributed by atoms with Crippen molar-refractivity contribution in [1.29, 1.82) is 0 Å². The summed E-state index contributed by atoms with van der Waals surface area (Å²) in [6.07, 6.45) is 1.18. The Bertz CT molecular complexity index is 137. The normalized spacial score (nSPS) is 20.5. The Morgan fingerprint density at radius 1 is 1.62 bits per heavy atom. The molecule has 0 saturated carbocycles. The van der Waals surface area contributed by atoms with Crippen molar-refractivity contribution >= 4 is 5.78 Å². The van der Waals surface area contributed by atoms with Crippen LogP contribution in [-0.4, -0.2) is 24.1 Å². The fourth-order valence-corrected chi connectivity index (χ4v) is 0.525. The minimum absolute atomic E-state index is 0.0150. The van der Waals surface area contributed by atoms with Crippen LogP contribution >= 0.6 is 0 Å². The zero-order valence-electron chi connectivity index (χ0n) is 4.26. The highest BCUT2D eigenvalue weighted by atomic mass is 16.5. The lowest BCUT2D eigenvalue weighted by Gasteiger charge is -2.05. The van der Waals surface area contributed by atoms with Crippen molar-refractivity contribution in [2.45, 2.75) is 0 Å². The van der Waals surface area contributed by atoms with Gasteiger partial charge in [-0.05, 0) is 0 Å². The first-order valence-corrected chi connectivity index (χ1v) is 2.29. The Morgan fingerprint density at radius 3 is 2.75 bits per heavy atom. The predicted octanol–water partition coefficient (Wildman–Crippen LogP) is 0.0276. The van der Waals surface area contributed by atoms with E-state index in [0.717, 1.165) is 0 Å². The molecule has 44 valence electrons. The number of ketones is 1. The molecule has 1 heterocycles. The molecule has 0 aromatic rings. The average Bonchev–Trinajstić information content (AvgIpc) is 1.64. The summed E-state index contributed by atoms with van der Waals surface area (Å²) in [7, 11) is 0. The van der Waals surface area contributed by atoms with Gasteiger partial charge in [0.1, 0.15) is 19.0 Å². The maximum absolute atomic E-state index is 10.3. The van der Waals surface area contributed by atoms with E-state index in [4.69, 9.17) is 5.11 Å². The highest BCUT2D eigenvalue weighted by molar-refractivity contribution is 5.91. The molecule has 0 aromatic carbocycles. The van der Waals surface area contributed by atoms with Crippen molar-refractivity contribution < 1.29 is 14.6 Å². The van der Waals surface area contributed by atoms with Crippen LogP contribution in [0.25, 0.3) is 0 Å². The molecule has 8 heavy (non-hydrogen) atoms. The zero-order chi connectivity index (χ0) is 5.98. The quantitative estimate of drug-likeness (QED) is 0.483. The van der Waals surface area contributed by atoms with Gasteiger partial charge in [0.15, 0.2) is 5.78 Å². The molecule has 0 aromatic heterocycles. The van der Waals surface area contributed by atoms with Crippen LogP contribution in [0.5, 0.6) is 0 Å². The van der Waals surface area contributed by atoms with Gasteiger partial charge in [0.2, 0.25) is 0 Å². The maximum atomic E-state index is 10.3. The summed E-state index contributed by atoms with van der Waals surface area (Å²) in [6.45, 7) is 0.274. The first-order valence-electron chi connectivity index (χ1n) is 2.29. The van der Waals surface area contributed by atoms with E-state index < -0.39 is 0 Å². The summed E-state index contributed by atoms with van der Waals surface area (Å²) in [6, 6.07) is 0. The maximum Gasteiger partial charge on any atom is 0.184 e. The number of carbonyl (C=O) groups is 1. The van der Waals surface area contributed by atoms with Gasteiger partial charge in [-0.25, -0.2) is 0 Å². The Labute approximate surface area is 46.6 Å². The summed E-state index contributed by atoms with van der Waals surface area (Å²) in [4.78, 5) is 10.3. The predicted molar refractivity (Wildman–Crippen MR) is 26.5 cm³/mol. The van der Waals surface area contributed by atoms with E-state index >= 15 is 0 Å². The molecule has 3 heteroatoms. The monoisotopic (exact) mass is 114 g/mol. The average molecular weight is 114 g/mol. The third kappa shape index (κ3) is 1.07. The first kappa shape index (κ1) is 5.31. The van der Waals surface area contributed by atoms with Crippen molar-refractivity contribution in [3.05, 3.63) is 11.8 Å². The Hall–Kier alpha value is -0.830. The second-order valence-electron chi connectivity index (χ2n) is 1.59. The summed E-state index contributed by atoms with van der Waals surface area (Å²) < 4.78 is 4.63. The third-order valence-corrected chi connectivity index (χ3v) is 0.822. The van der Waals surface area contributed by atoms with E-state index in [9.17, 15) is 4.79 Å². The molecule has 0 unspecified atom stereocenters. The van der Waals surface area contributed by atoms with Gasteiger partial charge in [-0.15, -0.1) is 0 Å². The summed E-state index contributed by atoms with van der Waals surface area (Å²) in [5.41, 5.74) is 0. The van der Waals surface area contributed by atoms with Crippen molar-refractivity contribution in [2.24, 2.45) is 0 Å². The second kappa shape index (κ2) is 1.96. The third-order valence-electron chi connectivity index (χ3n) is 0.822. The van der Waals surface area contributed by atoms with E-state index in [-0.39, 0.29) is 24.8 Å². The highest BCUT2D eigenvalue weighted by Crippen LogP contribution is 1.97.